The van der Waals surface area contributed by atoms with Gasteiger partial charge in [-0.3, -0.25) is 0 Å². The highest BCUT2D eigenvalue weighted by molar-refractivity contribution is 7.91. The lowest BCUT2D eigenvalue weighted by Gasteiger charge is -2.30. The number of sulfone groups is 1. The molecule has 1 aliphatic heterocycles. The number of ether oxygens (including phenoxy) is 1. The summed E-state index contributed by atoms with van der Waals surface area (Å²) in [4.78, 5) is 6.57. The van der Waals surface area contributed by atoms with Crippen LogP contribution < -0.4 is 9.64 Å². The number of benzene rings is 2. The van der Waals surface area contributed by atoms with Crippen molar-refractivity contribution in [2.45, 2.75) is 36.6 Å². The van der Waals surface area contributed by atoms with E-state index < -0.39 is 9.84 Å². The molecule has 1 saturated heterocycles. The molecule has 3 aromatic rings. The van der Waals surface area contributed by atoms with E-state index in [4.69, 9.17) is 20.8 Å². The average molecular weight is 461 g/mol. The highest BCUT2D eigenvalue weighted by Crippen LogP contribution is 2.37. The standard InChI is InChI=1S/C23H25ClN2O4S/c1-3-29-19-8-10-20(11-9-19)31(27,28)22-23(26-14-12-16(2)13-15-26)30-21(25-22)17-4-6-18(24)7-5-17/h4-11,16H,3,12-15H2,1-2H3. The lowest BCUT2D eigenvalue weighted by atomic mass is 9.99. The Morgan fingerprint density at radius 3 is 2.35 bits per heavy atom. The number of hydrogen-bond donors (Lipinski definition) is 0. The molecule has 0 saturated carbocycles. The normalized spacial score (nSPS) is 15.3. The summed E-state index contributed by atoms with van der Waals surface area (Å²) in [6.07, 6.45) is 1.94. The number of piperidine rings is 1. The Morgan fingerprint density at radius 1 is 1.10 bits per heavy atom. The Hall–Kier alpha value is -2.51. The number of oxazole rings is 1. The summed E-state index contributed by atoms with van der Waals surface area (Å²) in [5.74, 6) is 1.77. The predicted molar refractivity (Wildman–Crippen MR) is 121 cm³/mol. The summed E-state index contributed by atoms with van der Waals surface area (Å²) >= 11 is 5.99. The molecule has 31 heavy (non-hydrogen) atoms. The monoisotopic (exact) mass is 460 g/mol. The third kappa shape index (κ3) is 4.57. The molecule has 0 amide bonds. The van der Waals surface area contributed by atoms with Crippen LogP contribution in [-0.4, -0.2) is 33.1 Å². The fourth-order valence-corrected chi connectivity index (χ4v) is 5.04. The highest BCUT2D eigenvalue weighted by atomic mass is 35.5. The number of halogens is 1. The second-order valence-corrected chi connectivity index (χ2v) is 10.0. The molecule has 4 rings (SSSR count). The van der Waals surface area contributed by atoms with Gasteiger partial charge in [0.1, 0.15) is 5.75 Å². The maximum absolute atomic E-state index is 13.5. The van der Waals surface area contributed by atoms with Crippen LogP contribution in [-0.2, 0) is 9.84 Å². The molecular weight excluding hydrogens is 436 g/mol. The van der Waals surface area contributed by atoms with E-state index in [9.17, 15) is 8.42 Å². The first kappa shape index (κ1) is 21.7. The number of anilines is 1. The first-order valence-corrected chi connectivity index (χ1v) is 12.2. The van der Waals surface area contributed by atoms with Gasteiger partial charge in [-0.1, -0.05) is 18.5 Å². The lowest BCUT2D eigenvalue weighted by molar-refractivity contribution is 0.340. The van der Waals surface area contributed by atoms with Crippen molar-refractivity contribution >= 4 is 27.3 Å². The summed E-state index contributed by atoms with van der Waals surface area (Å²) in [7, 11) is -3.89. The van der Waals surface area contributed by atoms with Crippen LogP contribution in [0.5, 0.6) is 5.75 Å². The van der Waals surface area contributed by atoms with E-state index in [1.807, 2.05) is 11.8 Å². The summed E-state index contributed by atoms with van der Waals surface area (Å²) in [5, 5.41) is 0.527. The van der Waals surface area contributed by atoms with Gasteiger partial charge in [-0.2, -0.15) is 4.98 Å². The zero-order valence-corrected chi connectivity index (χ0v) is 19.1. The zero-order chi connectivity index (χ0) is 22.0. The van der Waals surface area contributed by atoms with Crippen molar-refractivity contribution in [1.82, 2.24) is 4.98 Å². The number of rotatable bonds is 6. The molecule has 2 aromatic carbocycles. The molecule has 8 heteroatoms. The van der Waals surface area contributed by atoms with Crippen molar-refractivity contribution in [3.8, 4) is 17.2 Å². The molecule has 0 radical (unpaired) electrons. The minimum atomic E-state index is -3.89. The molecule has 0 spiro atoms. The number of hydrogen-bond acceptors (Lipinski definition) is 6. The van der Waals surface area contributed by atoms with E-state index in [0.717, 1.165) is 25.9 Å². The summed E-state index contributed by atoms with van der Waals surface area (Å²) in [5.41, 5.74) is 0.671. The molecule has 0 aliphatic carbocycles. The van der Waals surface area contributed by atoms with Gasteiger partial charge < -0.3 is 14.1 Å². The van der Waals surface area contributed by atoms with E-state index in [1.54, 1.807) is 48.5 Å². The SMILES string of the molecule is CCOc1ccc(S(=O)(=O)c2nc(-c3ccc(Cl)cc3)oc2N2CCC(C)CC2)cc1. The van der Waals surface area contributed by atoms with Crippen LogP contribution in [0, 0.1) is 5.92 Å². The smallest absolute Gasteiger partial charge is 0.236 e. The fraction of sp³-hybridized carbons (Fsp3) is 0.348. The van der Waals surface area contributed by atoms with Gasteiger partial charge in [0.25, 0.3) is 0 Å². The molecule has 1 aromatic heterocycles. The maximum Gasteiger partial charge on any atom is 0.236 e. The highest BCUT2D eigenvalue weighted by Gasteiger charge is 2.32. The quantitative estimate of drug-likeness (QED) is 0.486. The molecule has 0 atom stereocenters. The van der Waals surface area contributed by atoms with Gasteiger partial charge in [0.15, 0.2) is 0 Å². The van der Waals surface area contributed by atoms with E-state index in [1.165, 1.54) is 0 Å². The van der Waals surface area contributed by atoms with Crippen molar-refractivity contribution in [2.24, 2.45) is 5.92 Å². The van der Waals surface area contributed by atoms with Gasteiger partial charge in [0.05, 0.1) is 11.5 Å². The largest absolute Gasteiger partial charge is 0.494 e. The van der Waals surface area contributed by atoms with Gasteiger partial charge in [0.2, 0.25) is 26.6 Å². The van der Waals surface area contributed by atoms with Crippen molar-refractivity contribution in [3.05, 3.63) is 53.6 Å². The Bertz CT molecular complexity index is 1130. The minimum Gasteiger partial charge on any atom is -0.494 e. The van der Waals surface area contributed by atoms with Crippen molar-refractivity contribution < 1.29 is 17.6 Å². The Balaban J connectivity index is 1.77. The van der Waals surface area contributed by atoms with Crippen LogP contribution in [0.2, 0.25) is 5.02 Å². The van der Waals surface area contributed by atoms with Crippen molar-refractivity contribution in [2.75, 3.05) is 24.6 Å². The first-order chi connectivity index (χ1) is 14.9. The maximum atomic E-state index is 13.5. The topological polar surface area (TPSA) is 72.6 Å². The second kappa shape index (κ2) is 8.93. The minimum absolute atomic E-state index is 0.0591. The van der Waals surface area contributed by atoms with Crippen LogP contribution in [0.3, 0.4) is 0 Å². The van der Waals surface area contributed by atoms with E-state index in [2.05, 4.69) is 11.9 Å². The molecule has 0 N–H and O–H groups in total. The Morgan fingerprint density at radius 2 is 1.74 bits per heavy atom. The van der Waals surface area contributed by atoms with E-state index in [-0.39, 0.29) is 15.8 Å². The van der Waals surface area contributed by atoms with Crippen molar-refractivity contribution in [1.29, 1.82) is 0 Å². The Labute approximate surface area is 187 Å². The van der Waals surface area contributed by atoms with Crippen LogP contribution >= 0.6 is 11.6 Å². The average Bonchev–Trinajstić information content (AvgIpc) is 3.22. The van der Waals surface area contributed by atoms with Gasteiger partial charge in [-0.05, 0) is 74.2 Å². The first-order valence-electron chi connectivity index (χ1n) is 10.4. The van der Waals surface area contributed by atoms with Gasteiger partial charge in [-0.25, -0.2) is 8.42 Å². The third-order valence-electron chi connectivity index (χ3n) is 5.44. The molecule has 0 bridgehead atoms. The molecular formula is C23H25ClN2O4S. The summed E-state index contributed by atoms with van der Waals surface area (Å²) in [6, 6.07) is 13.4. The molecule has 2 heterocycles. The number of nitrogens with zero attached hydrogens (tertiary/aromatic N) is 2. The second-order valence-electron chi connectivity index (χ2n) is 7.71. The molecule has 1 fully saturated rings. The molecule has 1 aliphatic rings. The van der Waals surface area contributed by atoms with E-state index >= 15 is 0 Å². The number of aromatic nitrogens is 1. The summed E-state index contributed by atoms with van der Waals surface area (Å²) in [6.45, 7) is 6.04. The van der Waals surface area contributed by atoms with Crippen LogP contribution in [0.1, 0.15) is 26.7 Å². The predicted octanol–water partition coefficient (Wildman–Crippen LogP) is 5.46. The fourth-order valence-electron chi connectivity index (χ4n) is 3.59. The van der Waals surface area contributed by atoms with Crippen LogP contribution in [0.15, 0.2) is 62.9 Å². The summed E-state index contributed by atoms with van der Waals surface area (Å²) < 4.78 is 38.5. The van der Waals surface area contributed by atoms with Crippen LogP contribution in [0.4, 0.5) is 5.88 Å². The van der Waals surface area contributed by atoms with Crippen LogP contribution in [0.25, 0.3) is 11.5 Å². The van der Waals surface area contributed by atoms with Gasteiger partial charge in [-0.15, -0.1) is 0 Å². The molecule has 164 valence electrons. The molecule has 6 nitrogen and oxygen atoms in total. The molecule has 0 unspecified atom stereocenters. The Kier molecular flexibility index (Phi) is 6.25. The van der Waals surface area contributed by atoms with Crippen molar-refractivity contribution in [3.63, 3.8) is 0 Å². The third-order valence-corrected chi connectivity index (χ3v) is 7.36. The van der Waals surface area contributed by atoms with Gasteiger partial charge in [0, 0.05) is 23.7 Å². The van der Waals surface area contributed by atoms with Gasteiger partial charge >= 0.3 is 0 Å². The van der Waals surface area contributed by atoms with E-state index in [0.29, 0.717) is 34.7 Å². The zero-order valence-electron chi connectivity index (χ0n) is 17.5. The lowest BCUT2D eigenvalue weighted by Crippen LogP contribution is -2.33.